The van der Waals surface area contributed by atoms with Crippen molar-refractivity contribution in [3.05, 3.63) is 83.4 Å². The molecule has 0 radical (unpaired) electrons. The number of hydrogen-bond donors (Lipinski definition) is 0. The van der Waals surface area contributed by atoms with Crippen molar-refractivity contribution in [2.75, 3.05) is 0 Å². The van der Waals surface area contributed by atoms with Crippen molar-refractivity contribution in [1.82, 2.24) is 0 Å². The lowest BCUT2D eigenvalue weighted by Gasteiger charge is -2.05. The van der Waals surface area contributed by atoms with Gasteiger partial charge >= 0.3 is 0 Å². The van der Waals surface area contributed by atoms with Gasteiger partial charge in [-0.1, -0.05) is 143 Å². The Kier molecular flexibility index (Phi) is 22.2. The maximum atomic E-state index is 3.84. The van der Waals surface area contributed by atoms with Gasteiger partial charge in [0.25, 0.3) is 0 Å². The van der Waals surface area contributed by atoms with Gasteiger partial charge in [-0.2, -0.15) is 0 Å². The summed E-state index contributed by atoms with van der Waals surface area (Å²) in [6, 6.07) is 18.7. The van der Waals surface area contributed by atoms with Crippen LogP contribution in [0, 0.1) is 26.7 Å². The predicted octanol–water partition coefficient (Wildman–Crippen LogP) is 10.3. The number of rotatable bonds is 7. The van der Waals surface area contributed by atoms with Crippen molar-refractivity contribution in [2.24, 2.45) is 5.92 Å². The van der Waals surface area contributed by atoms with Crippen LogP contribution in [0.2, 0.25) is 0 Å². The normalized spacial score (nSPS) is 10.3. The van der Waals surface area contributed by atoms with Gasteiger partial charge in [0.2, 0.25) is 0 Å². The van der Waals surface area contributed by atoms with Gasteiger partial charge in [0, 0.05) is 0 Å². The minimum Gasteiger partial charge on any atom is -0.100 e. The first kappa shape index (κ1) is 30.4. The minimum absolute atomic E-state index is 0.826. The molecule has 0 heteroatoms. The number of unbranched alkanes of at least 4 members (excludes halogenated alkanes) is 4. The van der Waals surface area contributed by atoms with E-state index in [1.54, 1.807) is 0 Å². The Morgan fingerprint density at radius 1 is 0.700 bits per heavy atom. The SMILES string of the molecule is C=C(C)CC(C)CC.CCCCCCC.Cc1ccc(C)cc1.Cc1ccccc1. The molecular weight excluding hydrogens is 360 g/mol. The van der Waals surface area contributed by atoms with Gasteiger partial charge in [0.15, 0.2) is 0 Å². The van der Waals surface area contributed by atoms with Crippen molar-refractivity contribution in [3.63, 3.8) is 0 Å². The standard InChI is InChI=1S/C8H10.C8H16.C7H8.C7H16/c1-7-3-5-8(2)6-4-7;1-5-8(4)6-7(2)3;1-7-5-3-2-4-6-7;1-3-5-7-6-4-2/h3-6H,1-2H3;8H,2,5-6H2,1,3-4H3;2-6H,1H3;3-7H2,1-2H3. The van der Waals surface area contributed by atoms with E-state index in [1.165, 1.54) is 67.2 Å². The van der Waals surface area contributed by atoms with E-state index in [2.05, 4.69) is 98.4 Å². The summed E-state index contributed by atoms with van der Waals surface area (Å²) in [5.41, 5.74) is 5.29. The smallest absolute Gasteiger partial charge is 0.0300 e. The maximum absolute atomic E-state index is 3.84. The van der Waals surface area contributed by atoms with Crippen molar-refractivity contribution in [1.29, 1.82) is 0 Å². The average Bonchev–Trinajstić information content (AvgIpc) is 2.72. The van der Waals surface area contributed by atoms with Crippen molar-refractivity contribution < 1.29 is 0 Å². The molecule has 0 fully saturated rings. The average molecular weight is 411 g/mol. The van der Waals surface area contributed by atoms with Crippen LogP contribution in [0.25, 0.3) is 0 Å². The number of allylic oxidation sites excluding steroid dienone is 1. The lowest BCUT2D eigenvalue weighted by Crippen LogP contribution is -1.90. The van der Waals surface area contributed by atoms with Crippen LogP contribution in [-0.2, 0) is 0 Å². The summed E-state index contributed by atoms with van der Waals surface area (Å²) in [6.45, 7) is 21.2. The molecule has 0 aromatic heterocycles. The van der Waals surface area contributed by atoms with Gasteiger partial charge in [-0.05, 0) is 40.0 Å². The summed E-state index contributed by atoms with van der Waals surface area (Å²) in [7, 11) is 0. The highest BCUT2D eigenvalue weighted by Gasteiger charge is 1.96. The highest BCUT2D eigenvalue weighted by atomic mass is 14.0. The third-order valence-corrected chi connectivity index (χ3v) is 4.76. The third-order valence-electron chi connectivity index (χ3n) is 4.76. The molecular formula is C30H50. The summed E-state index contributed by atoms with van der Waals surface area (Å²) in [5.74, 6) is 0.826. The summed E-state index contributed by atoms with van der Waals surface area (Å²) in [6.07, 6.45) is 9.47. The van der Waals surface area contributed by atoms with Crippen LogP contribution >= 0.6 is 0 Å². The van der Waals surface area contributed by atoms with Crippen LogP contribution in [-0.4, -0.2) is 0 Å². The maximum Gasteiger partial charge on any atom is -0.0300 e. The molecule has 170 valence electrons. The summed E-state index contributed by atoms with van der Waals surface area (Å²) in [5, 5.41) is 0. The molecule has 2 rings (SSSR count). The van der Waals surface area contributed by atoms with Gasteiger partial charge < -0.3 is 0 Å². The summed E-state index contributed by atoms with van der Waals surface area (Å²) >= 11 is 0. The van der Waals surface area contributed by atoms with Crippen molar-refractivity contribution >= 4 is 0 Å². The van der Waals surface area contributed by atoms with Gasteiger partial charge in [-0.25, -0.2) is 0 Å². The predicted molar refractivity (Wildman–Crippen MR) is 140 cm³/mol. The minimum atomic E-state index is 0.826. The molecule has 0 aliphatic rings. The molecule has 30 heavy (non-hydrogen) atoms. The lowest BCUT2D eigenvalue weighted by atomic mass is 10.0. The quantitative estimate of drug-likeness (QED) is 0.314. The number of hydrogen-bond acceptors (Lipinski definition) is 0. The fourth-order valence-electron chi connectivity index (χ4n) is 2.59. The van der Waals surface area contributed by atoms with Crippen molar-refractivity contribution in [2.45, 2.75) is 100 Å². The zero-order chi connectivity index (χ0) is 23.2. The topological polar surface area (TPSA) is 0 Å². The molecule has 0 N–H and O–H groups in total. The monoisotopic (exact) mass is 410 g/mol. The molecule has 0 saturated heterocycles. The van der Waals surface area contributed by atoms with Crippen LogP contribution in [0.15, 0.2) is 66.7 Å². The van der Waals surface area contributed by atoms with Crippen LogP contribution in [0.3, 0.4) is 0 Å². The molecule has 0 bridgehead atoms. The Balaban J connectivity index is 0. The first-order valence-electron chi connectivity index (χ1n) is 12.0. The first-order chi connectivity index (χ1) is 14.3. The Labute approximate surface area is 189 Å². The van der Waals surface area contributed by atoms with Crippen LogP contribution in [0.5, 0.6) is 0 Å². The molecule has 0 aliphatic carbocycles. The van der Waals surface area contributed by atoms with Crippen LogP contribution in [0.1, 0.15) is 96.3 Å². The molecule has 0 nitrogen and oxygen atoms in total. The summed E-state index contributed by atoms with van der Waals surface area (Å²) in [4.78, 5) is 0. The Hall–Kier alpha value is -1.82. The van der Waals surface area contributed by atoms with E-state index in [1.807, 2.05) is 18.2 Å². The van der Waals surface area contributed by atoms with E-state index in [0.717, 1.165) is 5.92 Å². The third kappa shape index (κ3) is 24.2. The van der Waals surface area contributed by atoms with E-state index in [-0.39, 0.29) is 0 Å². The van der Waals surface area contributed by atoms with Gasteiger partial charge in [-0.3, -0.25) is 0 Å². The molecule has 2 aromatic carbocycles. The molecule has 2 aromatic rings. The highest BCUT2D eigenvalue weighted by Crippen LogP contribution is 2.11. The van der Waals surface area contributed by atoms with Gasteiger partial charge in [0.1, 0.15) is 0 Å². The van der Waals surface area contributed by atoms with E-state index >= 15 is 0 Å². The molecule has 0 amide bonds. The molecule has 0 heterocycles. The Morgan fingerprint density at radius 3 is 1.33 bits per heavy atom. The lowest BCUT2D eigenvalue weighted by molar-refractivity contribution is 0.558. The highest BCUT2D eigenvalue weighted by molar-refractivity contribution is 5.19. The molecule has 0 spiro atoms. The van der Waals surface area contributed by atoms with E-state index < -0.39 is 0 Å². The van der Waals surface area contributed by atoms with Gasteiger partial charge in [-0.15, -0.1) is 6.58 Å². The van der Waals surface area contributed by atoms with Crippen LogP contribution < -0.4 is 0 Å². The molecule has 0 aliphatic heterocycles. The zero-order valence-corrected chi connectivity index (χ0v) is 21.4. The number of benzene rings is 2. The zero-order valence-electron chi connectivity index (χ0n) is 21.4. The van der Waals surface area contributed by atoms with Crippen molar-refractivity contribution in [3.8, 4) is 0 Å². The molecule has 1 atom stereocenters. The fraction of sp³-hybridized carbons (Fsp3) is 0.533. The first-order valence-corrected chi connectivity index (χ1v) is 12.0. The summed E-state index contributed by atoms with van der Waals surface area (Å²) < 4.78 is 0. The second-order valence-corrected chi connectivity index (χ2v) is 8.54. The number of aryl methyl sites for hydroxylation is 3. The Bertz CT molecular complexity index is 567. The van der Waals surface area contributed by atoms with Crippen LogP contribution in [0.4, 0.5) is 0 Å². The molecule has 0 saturated carbocycles. The van der Waals surface area contributed by atoms with E-state index in [0.29, 0.717) is 0 Å². The Morgan fingerprint density at radius 2 is 1.10 bits per heavy atom. The fourth-order valence-corrected chi connectivity index (χ4v) is 2.59. The second-order valence-electron chi connectivity index (χ2n) is 8.54. The van der Waals surface area contributed by atoms with E-state index in [9.17, 15) is 0 Å². The molecule has 1 unspecified atom stereocenters. The second kappa shape index (κ2) is 21.9. The largest absolute Gasteiger partial charge is 0.100 e. The van der Waals surface area contributed by atoms with E-state index in [4.69, 9.17) is 0 Å². The van der Waals surface area contributed by atoms with Gasteiger partial charge in [0.05, 0.1) is 0 Å².